The zero-order valence-electron chi connectivity index (χ0n) is 8.35. The molecular formula is C8H11N5O. The molecule has 0 bridgehead atoms. The van der Waals surface area contributed by atoms with Crippen LogP contribution in [-0.2, 0) is 11.3 Å². The Hall–Kier alpha value is -1.72. The van der Waals surface area contributed by atoms with E-state index in [2.05, 4.69) is 15.5 Å². The second kappa shape index (κ2) is 2.90. The number of fused-ring (bicyclic) bond motifs is 1. The molecule has 14 heavy (non-hydrogen) atoms. The van der Waals surface area contributed by atoms with E-state index < -0.39 is 0 Å². The van der Waals surface area contributed by atoms with Gasteiger partial charge in [-0.2, -0.15) is 0 Å². The van der Waals surface area contributed by atoms with Gasteiger partial charge in [0.05, 0.1) is 6.54 Å². The van der Waals surface area contributed by atoms with E-state index in [1.54, 1.807) is 11.6 Å². The van der Waals surface area contributed by atoms with Crippen molar-refractivity contribution in [3.63, 3.8) is 0 Å². The van der Waals surface area contributed by atoms with Gasteiger partial charge in [-0.05, 0) is 24.3 Å². The summed E-state index contributed by atoms with van der Waals surface area (Å²) in [6, 6.07) is 0. The lowest BCUT2D eigenvalue weighted by Gasteiger charge is -2.25. The predicted octanol–water partition coefficient (Wildman–Crippen LogP) is -0.0141. The number of carbonyl (C=O) groups is 1. The molecule has 2 heterocycles. The summed E-state index contributed by atoms with van der Waals surface area (Å²) in [5, 5.41) is 11.2. The first-order chi connectivity index (χ1) is 6.61. The van der Waals surface area contributed by atoms with Gasteiger partial charge in [-0.3, -0.25) is 4.79 Å². The number of hydrogen-bond acceptors (Lipinski definition) is 5. The lowest BCUT2D eigenvalue weighted by atomic mass is 10.1. The molecule has 0 spiro atoms. The van der Waals surface area contributed by atoms with Gasteiger partial charge in [0.25, 0.3) is 0 Å². The molecule has 0 saturated heterocycles. The molecule has 0 radical (unpaired) electrons. The van der Waals surface area contributed by atoms with Crippen LogP contribution in [0.5, 0.6) is 0 Å². The van der Waals surface area contributed by atoms with E-state index in [4.69, 9.17) is 0 Å². The van der Waals surface area contributed by atoms with Crippen LogP contribution in [0, 0.1) is 0 Å². The largest absolute Gasteiger partial charge is 0.316 e. The fourth-order valence-corrected chi connectivity index (χ4v) is 1.53. The number of nitrogens with zero attached hydrogens (tertiary/aromatic N) is 5. The molecule has 6 heteroatoms. The van der Waals surface area contributed by atoms with Gasteiger partial charge in [-0.15, -0.1) is 0 Å². The summed E-state index contributed by atoms with van der Waals surface area (Å²) in [7, 11) is 1.85. The molecule has 0 saturated carbocycles. The van der Waals surface area contributed by atoms with E-state index in [0.717, 1.165) is 11.3 Å². The van der Waals surface area contributed by atoms with Crippen LogP contribution in [0.2, 0.25) is 0 Å². The second-order valence-electron chi connectivity index (χ2n) is 3.32. The third-order valence-corrected chi connectivity index (χ3v) is 2.49. The maximum atomic E-state index is 11.3. The van der Waals surface area contributed by atoms with Crippen LogP contribution in [-0.4, -0.2) is 33.0 Å². The van der Waals surface area contributed by atoms with Gasteiger partial charge in [0.1, 0.15) is 0 Å². The number of carbonyl (C=O) groups excluding carboxylic acids is 1. The SMILES string of the molecule is CC(=O)C1=C(C)N(C)c2nnnn2C1. The standard InChI is InChI=1S/C8H11N5O/c1-5-7(6(2)14)4-13-8(12(5)3)9-10-11-13/h4H2,1-3H3. The van der Waals surface area contributed by atoms with Gasteiger partial charge < -0.3 is 4.90 Å². The second-order valence-corrected chi connectivity index (χ2v) is 3.32. The highest BCUT2D eigenvalue weighted by Crippen LogP contribution is 2.23. The van der Waals surface area contributed by atoms with E-state index in [9.17, 15) is 4.79 Å². The molecule has 0 fully saturated rings. The number of aromatic nitrogens is 4. The van der Waals surface area contributed by atoms with Crippen molar-refractivity contribution in [1.29, 1.82) is 0 Å². The number of anilines is 1. The van der Waals surface area contributed by atoms with E-state index in [1.807, 2.05) is 18.9 Å². The highest BCUT2D eigenvalue weighted by atomic mass is 16.1. The molecule has 0 N–H and O–H groups in total. The predicted molar refractivity (Wildman–Crippen MR) is 49.6 cm³/mol. The van der Waals surface area contributed by atoms with Crippen molar-refractivity contribution in [3.05, 3.63) is 11.3 Å². The van der Waals surface area contributed by atoms with Crippen molar-refractivity contribution < 1.29 is 4.79 Å². The minimum Gasteiger partial charge on any atom is -0.316 e. The summed E-state index contributed by atoms with van der Waals surface area (Å²) in [4.78, 5) is 13.1. The lowest BCUT2D eigenvalue weighted by Crippen LogP contribution is -2.29. The van der Waals surface area contributed by atoms with Gasteiger partial charge in [0.15, 0.2) is 5.78 Å². The van der Waals surface area contributed by atoms with Gasteiger partial charge in [-0.1, -0.05) is 5.10 Å². The topological polar surface area (TPSA) is 63.9 Å². The highest BCUT2D eigenvalue weighted by molar-refractivity contribution is 5.94. The van der Waals surface area contributed by atoms with Crippen molar-refractivity contribution in [1.82, 2.24) is 20.2 Å². The molecule has 74 valence electrons. The summed E-state index contributed by atoms with van der Waals surface area (Å²) >= 11 is 0. The molecular weight excluding hydrogens is 182 g/mol. The Kier molecular flexibility index (Phi) is 1.83. The Morgan fingerprint density at radius 2 is 2.21 bits per heavy atom. The molecule has 0 aliphatic carbocycles. The Bertz CT molecular complexity index is 419. The van der Waals surface area contributed by atoms with Gasteiger partial charge in [0, 0.05) is 18.3 Å². The molecule has 1 aliphatic heterocycles. The van der Waals surface area contributed by atoms with Crippen molar-refractivity contribution in [2.45, 2.75) is 20.4 Å². The minimum atomic E-state index is 0.0653. The average molecular weight is 193 g/mol. The molecule has 0 atom stereocenters. The van der Waals surface area contributed by atoms with E-state index in [0.29, 0.717) is 12.5 Å². The smallest absolute Gasteiger partial charge is 0.249 e. The van der Waals surface area contributed by atoms with Crippen LogP contribution in [0.3, 0.4) is 0 Å². The number of hydrogen-bond donors (Lipinski definition) is 0. The van der Waals surface area contributed by atoms with Gasteiger partial charge >= 0.3 is 0 Å². The third-order valence-electron chi connectivity index (χ3n) is 2.49. The Balaban J connectivity index is 2.49. The average Bonchev–Trinajstić information content (AvgIpc) is 2.58. The summed E-state index contributed by atoms with van der Waals surface area (Å²) in [6.07, 6.45) is 0. The first kappa shape index (κ1) is 8.86. The first-order valence-electron chi connectivity index (χ1n) is 4.32. The summed E-state index contributed by atoms with van der Waals surface area (Å²) in [5.41, 5.74) is 1.67. The van der Waals surface area contributed by atoms with Crippen molar-refractivity contribution >= 4 is 11.7 Å². The first-order valence-corrected chi connectivity index (χ1v) is 4.32. The highest BCUT2D eigenvalue weighted by Gasteiger charge is 2.24. The normalized spacial score (nSPS) is 15.8. The van der Waals surface area contributed by atoms with Crippen molar-refractivity contribution in [3.8, 4) is 0 Å². The van der Waals surface area contributed by atoms with Crippen LogP contribution in [0.15, 0.2) is 11.3 Å². The Morgan fingerprint density at radius 3 is 2.86 bits per heavy atom. The number of tetrazole rings is 1. The van der Waals surface area contributed by atoms with Crippen LogP contribution < -0.4 is 4.90 Å². The van der Waals surface area contributed by atoms with Crippen molar-refractivity contribution in [2.75, 3.05) is 11.9 Å². The zero-order valence-corrected chi connectivity index (χ0v) is 8.35. The molecule has 6 nitrogen and oxygen atoms in total. The maximum Gasteiger partial charge on any atom is 0.249 e. The number of allylic oxidation sites excluding steroid dienone is 2. The fourth-order valence-electron chi connectivity index (χ4n) is 1.53. The molecule has 0 aromatic carbocycles. The van der Waals surface area contributed by atoms with Crippen LogP contribution >= 0.6 is 0 Å². The van der Waals surface area contributed by atoms with Crippen molar-refractivity contribution in [2.24, 2.45) is 0 Å². The van der Waals surface area contributed by atoms with Crippen LogP contribution in [0.4, 0.5) is 5.95 Å². The van der Waals surface area contributed by atoms with Crippen LogP contribution in [0.1, 0.15) is 13.8 Å². The number of ketones is 1. The molecule has 1 aliphatic rings. The summed E-state index contributed by atoms with van der Waals surface area (Å²) < 4.78 is 1.61. The molecule has 1 aromatic heterocycles. The number of Topliss-reactive ketones (excluding diaryl/α,β-unsaturated/α-hetero) is 1. The monoisotopic (exact) mass is 193 g/mol. The van der Waals surface area contributed by atoms with E-state index >= 15 is 0 Å². The minimum absolute atomic E-state index is 0.0653. The Labute approximate surface area is 81.2 Å². The zero-order chi connectivity index (χ0) is 10.3. The van der Waals surface area contributed by atoms with Gasteiger partial charge in [-0.25, -0.2) is 4.68 Å². The maximum absolute atomic E-state index is 11.3. The Morgan fingerprint density at radius 1 is 1.50 bits per heavy atom. The molecule has 0 amide bonds. The number of rotatable bonds is 1. The summed E-state index contributed by atoms with van der Waals surface area (Å²) in [5.74, 6) is 0.739. The van der Waals surface area contributed by atoms with E-state index in [1.165, 1.54) is 0 Å². The quantitative estimate of drug-likeness (QED) is 0.627. The molecule has 2 rings (SSSR count). The molecule has 0 unspecified atom stereocenters. The lowest BCUT2D eigenvalue weighted by molar-refractivity contribution is -0.113. The van der Waals surface area contributed by atoms with E-state index in [-0.39, 0.29) is 5.78 Å². The fraction of sp³-hybridized carbons (Fsp3) is 0.500. The third kappa shape index (κ3) is 1.11. The summed E-state index contributed by atoms with van der Waals surface area (Å²) in [6.45, 7) is 3.92. The van der Waals surface area contributed by atoms with Crippen LogP contribution in [0.25, 0.3) is 0 Å². The molecule has 1 aromatic rings. The van der Waals surface area contributed by atoms with Gasteiger partial charge in [0.2, 0.25) is 5.95 Å².